The van der Waals surface area contributed by atoms with Crippen molar-refractivity contribution in [1.82, 2.24) is 4.90 Å². The zero-order valence-corrected chi connectivity index (χ0v) is 17.3. The van der Waals surface area contributed by atoms with Crippen LogP contribution in [-0.2, 0) is 21.2 Å². The van der Waals surface area contributed by atoms with E-state index in [-0.39, 0.29) is 18.4 Å². The Balaban J connectivity index is 1.64. The highest BCUT2D eigenvalue weighted by atomic mass is 32.2. The molecule has 0 unspecified atom stereocenters. The first-order valence-electron chi connectivity index (χ1n) is 9.00. The predicted octanol–water partition coefficient (Wildman–Crippen LogP) is 1.73. The number of carbonyl (C=O) groups excluding carboxylic acids is 2. The zero-order valence-electron chi connectivity index (χ0n) is 16.5. The van der Waals surface area contributed by atoms with Crippen LogP contribution in [0.4, 0.5) is 11.4 Å². The van der Waals surface area contributed by atoms with Crippen LogP contribution in [0, 0.1) is 0 Å². The lowest BCUT2D eigenvalue weighted by Crippen LogP contribution is -2.27. The summed E-state index contributed by atoms with van der Waals surface area (Å²) in [4.78, 5) is 25.5. The summed E-state index contributed by atoms with van der Waals surface area (Å²) < 4.78 is 30.4. The average molecular weight is 417 g/mol. The second-order valence-electron chi connectivity index (χ2n) is 6.98. The molecular formula is C20H23N3O5S. The van der Waals surface area contributed by atoms with E-state index < -0.39 is 10.0 Å². The van der Waals surface area contributed by atoms with E-state index in [9.17, 15) is 18.0 Å². The Morgan fingerprint density at radius 3 is 2.45 bits per heavy atom. The van der Waals surface area contributed by atoms with Gasteiger partial charge in [0.25, 0.3) is 11.8 Å². The molecule has 2 aromatic rings. The van der Waals surface area contributed by atoms with Gasteiger partial charge in [-0.15, -0.1) is 0 Å². The Hall–Kier alpha value is -3.07. The number of nitrogens with zero attached hydrogens (tertiary/aromatic N) is 2. The molecule has 0 atom stereocenters. The molecule has 0 saturated carbocycles. The van der Waals surface area contributed by atoms with Crippen LogP contribution in [0.2, 0.25) is 0 Å². The van der Waals surface area contributed by atoms with E-state index >= 15 is 0 Å². The van der Waals surface area contributed by atoms with E-state index in [1.165, 1.54) is 15.5 Å². The Morgan fingerprint density at radius 1 is 1.14 bits per heavy atom. The molecule has 1 N–H and O–H groups in total. The number of sulfonamides is 1. The minimum atomic E-state index is -3.32. The van der Waals surface area contributed by atoms with Crippen LogP contribution in [-0.4, -0.2) is 58.6 Å². The summed E-state index contributed by atoms with van der Waals surface area (Å²) in [6, 6.07) is 11.7. The quantitative estimate of drug-likeness (QED) is 0.772. The number of carbonyl (C=O) groups is 2. The Morgan fingerprint density at radius 2 is 1.83 bits per heavy atom. The maximum absolute atomic E-state index is 12.5. The van der Waals surface area contributed by atoms with Crippen LogP contribution in [0.25, 0.3) is 0 Å². The van der Waals surface area contributed by atoms with E-state index in [1.807, 2.05) is 0 Å². The number of benzene rings is 2. The van der Waals surface area contributed by atoms with Crippen molar-refractivity contribution in [3.63, 3.8) is 0 Å². The molecule has 0 fully saturated rings. The third-order valence-electron chi connectivity index (χ3n) is 4.57. The van der Waals surface area contributed by atoms with Gasteiger partial charge < -0.3 is 15.0 Å². The van der Waals surface area contributed by atoms with Crippen molar-refractivity contribution in [2.24, 2.45) is 0 Å². The molecular weight excluding hydrogens is 394 g/mol. The lowest BCUT2D eigenvalue weighted by Gasteiger charge is -2.16. The fraction of sp³-hybridized carbons (Fsp3) is 0.300. The first kappa shape index (κ1) is 20.7. The number of amides is 2. The first-order chi connectivity index (χ1) is 13.6. The predicted molar refractivity (Wildman–Crippen MR) is 111 cm³/mol. The van der Waals surface area contributed by atoms with Crippen molar-refractivity contribution in [3.8, 4) is 5.75 Å². The van der Waals surface area contributed by atoms with Gasteiger partial charge in [0.2, 0.25) is 10.0 Å². The van der Waals surface area contributed by atoms with E-state index in [0.717, 1.165) is 5.56 Å². The topological polar surface area (TPSA) is 96.0 Å². The van der Waals surface area contributed by atoms with Crippen LogP contribution < -0.4 is 14.4 Å². The Bertz CT molecular complexity index is 1030. The maximum atomic E-state index is 12.5. The number of fused-ring (bicyclic) bond motifs is 1. The lowest BCUT2D eigenvalue weighted by molar-refractivity contribution is -0.130. The van der Waals surface area contributed by atoms with Crippen LogP contribution in [0.5, 0.6) is 5.75 Å². The van der Waals surface area contributed by atoms with Gasteiger partial charge in [-0.05, 0) is 54.4 Å². The Kier molecular flexibility index (Phi) is 5.78. The second kappa shape index (κ2) is 8.12. The van der Waals surface area contributed by atoms with Crippen molar-refractivity contribution in [2.45, 2.75) is 6.42 Å². The molecule has 154 valence electrons. The molecule has 2 aromatic carbocycles. The van der Waals surface area contributed by atoms with Crippen LogP contribution in [0.15, 0.2) is 42.5 Å². The van der Waals surface area contributed by atoms with Crippen molar-refractivity contribution < 1.29 is 22.7 Å². The van der Waals surface area contributed by atoms with E-state index in [0.29, 0.717) is 35.7 Å². The fourth-order valence-corrected chi connectivity index (χ4v) is 3.93. The van der Waals surface area contributed by atoms with Gasteiger partial charge >= 0.3 is 0 Å². The molecule has 29 heavy (non-hydrogen) atoms. The number of hydrogen-bond acceptors (Lipinski definition) is 5. The molecule has 0 aromatic heterocycles. The summed E-state index contributed by atoms with van der Waals surface area (Å²) in [5.74, 6) is 0.0899. The lowest BCUT2D eigenvalue weighted by atomic mass is 10.1. The number of nitrogens with one attached hydrogen (secondary N) is 1. The van der Waals surface area contributed by atoms with Crippen molar-refractivity contribution in [2.75, 3.05) is 43.1 Å². The normalized spacial score (nSPS) is 13.0. The summed E-state index contributed by atoms with van der Waals surface area (Å²) in [6.45, 7) is 0.329. The van der Waals surface area contributed by atoms with Gasteiger partial charge in [-0.25, -0.2) is 8.42 Å². The third kappa shape index (κ3) is 4.86. The van der Waals surface area contributed by atoms with Crippen molar-refractivity contribution in [3.05, 3.63) is 53.6 Å². The SMILES string of the molecule is CN(C)C(=O)COc1ccc(NC(=O)c2ccc3c(c2)CCN3S(C)(=O)=O)cc1. The molecule has 0 saturated heterocycles. The van der Waals surface area contributed by atoms with Gasteiger partial charge in [0.1, 0.15) is 5.75 Å². The van der Waals surface area contributed by atoms with E-state index in [4.69, 9.17) is 4.74 Å². The van der Waals surface area contributed by atoms with Gasteiger partial charge in [-0.2, -0.15) is 0 Å². The molecule has 0 bridgehead atoms. The van der Waals surface area contributed by atoms with Gasteiger partial charge in [0.05, 0.1) is 11.9 Å². The highest BCUT2D eigenvalue weighted by molar-refractivity contribution is 7.92. The smallest absolute Gasteiger partial charge is 0.259 e. The highest BCUT2D eigenvalue weighted by Crippen LogP contribution is 2.31. The number of ether oxygens (including phenoxy) is 1. The molecule has 0 aliphatic carbocycles. The minimum absolute atomic E-state index is 0.0572. The molecule has 0 spiro atoms. The summed E-state index contributed by atoms with van der Waals surface area (Å²) in [5.41, 5.74) is 2.49. The monoisotopic (exact) mass is 417 g/mol. The molecule has 9 heteroatoms. The number of anilines is 2. The van der Waals surface area contributed by atoms with Crippen molar-refractivity contribution in [1.29, 1.82) is 0 Å². The summed E-state index contributed by atoms with van der Waals surface area (Å²) in [5, 5.41) is 2.80. The summed E-state index contributed by atoms with van der Waals surface area (Å²) in [7, 11) is -0.0101. The van der Waals surface area contributed by atoms with Crippen LogP contribution in [0.1, 0.15) is 15.9 Å². The van der Waals surface area contributed by atoms with E-state index in [1.54, 1.807) is 56.6 Å². The molecule has 2 amide bonds. The second-order valence-corrected chi connectivity index (χ2v) is 8.89. The molecule has 8 nitrogen and oxygen atoms in total. The van der Waals surface area contributed by atoms with Gasteiger partial charge in [-0.3, -0.25) is 13.9 Å². The molecule has 1 aliphatic rings. The summed E-state index contributed by atoms with van der Waals surface area (Å²) >= 11 is 0. The molecule has 1 aliphatic heterocycles. The number of rotatable bonds is 6. The Labute approximate surface area is 170 Å². The molecule has 3 rings (SSSR count). The molecule has 1 heterocycles. The highest BCUT2D eigenvalue weighted by Gasteiger charge is 2.26. The molecule has 0 radical (unpaired) electrons. The minimum Gasteiger partial charge on any atom is -0.484 e. The standard InChI is InChI=1S/C20H23N3O5S/c1-22(2)19(24)13-28-17-7-5-16(6-8-17)21-20(25)15-4-9-18-14(12-15)10-11-23(18)29(3,26)27/h4-9,12H,10-11,13H2,1-3H3,(H,21,25). The first-order valence-corrected chi connectivity index (χ1v) is 10.8. The van der Waals surface area contributed by atoms with Crippen molar-refractivity contribution >= 4 is 33.2 Å². The summed E-state index contributed by atoms with van der Waals surface area (Å²) in [6.07, 6.45) is 1.74. The maximum Gasteiger partial charge on any atom is 0.259 e. The van der Waals surface area contributed by atoms with Gasteiger partial charge in [-0.1, -0.05) is 0 Å². The van der Waals surface area contributed by atoms with Crippen LogP contribution in [0.3, 0.4) is 0 Å². The van der Waals surface area contributed by atoms with Gasteiger partial charge in [0.15, 0.2) is 6.61 Å². The largest absolute Gasteiger partial charge is 0.484 e. The fourth-order valence-electron chi connectivity index (χ4n) is 2.97. The van der Waals surface area contributed by atoms with E-state index in [2.05, 4.69) is 5.32 Å². The average Bonchev–Trinajstić information content (AvgIpc) is 3.10. The zero-order chi connectivity index (χ0) is 21.2. The van der Waals surface area contributed by atoms with Gasteiger partial charge in [0, 0.05) is 31.9 Å². The van der Waals surface area contributed by atoms with Crippen LogP contribution >= 0.6 is 0 Å². The number of likely N-dealkylation sites (N-methyl/N-ethyl adjacent to an activating group) is 1. The number of hydrogen-bond donors (Lipinski definition) is 1. The third-order valence-corrected chi connectivity index (χ3v) is 5.75.